The number of nitrogens with zero attached hydrogens (tertiary/aromatic N) is 1. The van der Waals surface area contributed by atoms with Gasteiger partial charge in [-0.1, -0.05) is 116 Å². The summed E-state index contributed by atoms with van der Waals surface area (Å²) in [6.45, 7) is 4.35. The molecule has 0 saturated carbocycles. The van der Waals surface area contributed by atoms with Gasteiger partial charge >= 0.3 is 35.1 Å². The summed E-state index contributed by atoms with van der Waals surface area (Å²) >= 11 is 0. The van der Waals surface area contributed by atoms with Crippen molar-refractivity contribution in [1.82, 2.24) is 9.55 Å². The second-order valence-corrected chi connectivity index (χ2v) is 18.7. The molecule has 1 aliphatic rings. The lowest BCUT2D eigenvalue weighted by Crippen LogP contribution is -2.33. The van der Waals surface area contributed by atoms with E-state index in [1.807, 2.05) is 6.92 Å². The van der Waals surface area contributed by atoms with E-state index < -0.39 is 66.2 Å². The molecule has 1 aromatic heterocycles. The predicted molar refractivity (Wildman–Crippen MR) is 213 cm³/mol. The van der Waals surface area contributed by atoms with Crippen molar-refractivity contribution in [3.05, 3.63) is 74.6 Å². The highest BCUT2D eigenvalue weighted by atomic mass is 31.3. The van der Waals surface area contributed by atoms with Crippen LogP contribution in [0.5, 0.6) is 5.75 Å². The van der Waals surface area contributed by atoms with E-state index in [9.17, 15) is 37.9 Å². The van der Waals surface area contributed by atoms with Crippen LogP contribution in [0.25, 0.3) is 0 Å². The smallest absolute Gasteiger partial charge is 0.427 e. The van der Waals surface area contributed by atoms with E-state index in [2.05, 4.69) is 16.2 Å². The fourth-order valence-corrected chi connectivity index (χ4v) is 9.75. The molecule has 0 fully saturated rings. The maximum atomic E-state index is 13.7. The van der Waals surface area contributed by atoms with Gasteiger partial charge in [-0.15, -0.1) is 0 Å². The molecule has 2 aromatic rings. The van der Waals surface area contributed by atoms with Crippen molar-refractivity contribution in [3.63, 3.8) is 0 Å². The number of ether oxygens (including phenoxy) is 2. The number of carbonyl (C=O) groups excluding carboxylic acids is 1. The van der Waals surface area contributed by atoms with Crippen molar-refractivity contribution in [2.75, 3.05) is 13.2 Å². The van der Waals surface area contributed by atoms with Gasteiger partial charge in [-0.2, -0.15) is 8.62 Å². The first kappa shape index (κ1) is 48.8. The number of hydrogen-bond acceptors (Lipinski definition) is 13. The molecular weight excluding hydrogens is 805 g/mol. The average Bonchev–Trinajstić information content (AvgIpc) is 3.63. The zero-order valence-electron chi connectivity index (χ0n) is 33.1. The lowest BCUT2D eigenvalue weighted by molar-refractivity contribution is -0.134. The molecule has 1 aliphatic heterocycles. The zero-order chi connectivity index (χ0) is 41.7. The molecule has 0 aliphatic carbocycles. The third kappa shape index (κ3) is 19.4. The maximum absolute atomic E-state index is 13.7. The van der Waals surface area contributed by atoms with Gasteiger partial charge in [0.05, 0.1) is 19.8 Å². The molecule has 5 atom stereocenters. The standard InChI is InChI=1S/C37H59N2O15P3/c1-4-6-8-9-10-11-12-13-14-15-16-17-18-26-48-57(47,50-28-31-20-22-32(23-21-31)52-35(40)19-7-5-2)54-56(45,46)53-55(43,44)49-29-33-24-25-34(51-33)39-27-30(3)36(41)38-37(39)42/h20-25,27,33-34H,4-19,26,28-29H2,1-3H3,(H,43,44)(H,45,46)(H,38,41,42)/t33-,34+,57?/m0/s1. The normalized spacial score (nSPS) is 18.5. The summed E-state index contributed by atoms with van der Waals surface area (Å²) < 4.78 is 76.2. The fourth-order valence-electron chi connectivity index (χ4n) is 5.67. The molecule has 2 heterocycles. The van der Waals surface area contributed by atoms with Gasteiger partial charge in [0.2, 0.25) is 0 Å². The Hall–Kier alpha value is -2.52. The monoisotopic (exact) mass is 864 g/mol. The number of rotatable bonds is 30. The third-order valence-corrected chi connectivity index (χ3v) is 13.5. The van der Waals surface area contributed by atoms with Crippen LogP contribution in [-0.2, 0) is 52.0 Å². The van der Waals surface area contributed by atoms with Gasteiger partial charge in [-0.3, -0.25) is 32.7 Å². The quantitative estimate of drug-likeness (QED) is 0.0219. The molecule has 3 unspecified atom stereocenters. The number of phosphoric acid groups is 3. The Balaban J connectivity index is 1.53. The summed E-state index contributed by atoms with van der Waals surface area (Å²) in [6, 6.07) is 6.02. The lowest BCUT2D eigenvalue weighted by Gasteiger charge is -2.22. The van der Waals surface area contributed by atoms with Gasteiger partial charge in [-0.25, -0.2) is 18.5 Å². The summed E-state index contributed by atoms with van der Waals surface area (Å²) in [5.41, 5.74) is -0.669. The first-order chi connectivity index (χ1) is 27.1. The van der Waals surface area contributed by atoms with Crippen molar-refractivity contribution in [2.24, 2.45) is 0 Å². The maximum Gasteiger partial charge on any atom is 0.490 e. The topological polar surface area (TPSA) is 228 Å². The van der Waals surface area contributed by atoms with Crippen LogP contribution in [0.3, 0.4) is 0 Å². The summed E-state index contributed by atoms with van der Waals surface area (Å²) in [5, 5.41) is 0. The van der Waals surface area contributed by atoms with Crippen molar-refractivity contribution in [2.45, 2.75) is 142 Å². The van der Waals surface area contributed by atoms with E-state index in [1.165, 1.54) is 94.5 Å². The molecule has 0 amide bonds. The first-order valence-electron chi connectivity index (χ1n) is 19.7. The molecular formula is C37H59N2O15P3. The van der Waals surface area contributed by atoms with Crippen LogP contribution in [0.2, 0.25) is 0 Å². The minimum Gasteiger partial charge on any atom is -0.427 e. The Labute approximate surface area is 334 Å². The van der Waals surface area contributed by atoms with Gasteiger partial charge in [0.1, 0.15) is 11.9 Å². The molecule has 0 radical (unpaired) electrons. The summed E-state index contributed by atoms with van der Waals surface area (Å²) in [6.07, 6.45) is 18.1. The predicted octanol–water partition coefficient (Wildman–Crippen LogP) is 9.08. The van der Waals surface area contributed by atoms with Gasteiger partial charge in [0, 0.05) is 18.2 Å². The average molecular weight is 865 g/mol. The van der Waals surface area contributed by atoms with Crippen LogP contribution in [0.4, 0.5) is 0 Å². The van der Waals surface area contributed by atoms with E-state index in [0.717, 1.165) is 43.1 Å². The number of H-pyrrole nitrogens is 1. The van der Waals surface area contributed by atoms with E-state index in [-0.39, 0.29) is 24.3 Å². The van der Waals surface area contributed by atoms with Crippen molar-refractivity contribution >= 4 is 29.4 Å². The van der Waals surface area contributed by atoms with Crippen LogP contribution < -0.4 is 16.0 Å². The van der Waals surface area contributed by atoms with Gasteiger partial charge in [0.25, 0.3) is 5.56 Å². The Morgan fingerprint density at radius 1 is 0.772 bits per heavy atom. The molecule has 20 heteroatoms. The molecule has 322 valence electrons. The minimum absolute atomic E-state index is 0.181. The Morgan fingerprint density at radius 2 is 1.37 bits per heavy atom. The second-order valence-electron chi connectivity index (χ2n) is 13.8. The number of phosphoric ester groups is 2. The number of benzene rings is 1. The van der Waals surface area contributed by atoms with E-state index in [4.69, 9.17) is 27.4 Å². The van der Waals surface area contributed by atoms with Gasteiger partial charge in [0.15, 0.2) is 6.23 Å². The first-order valence-corrected chi connectivity index (χ1v) is 24.2. The van der Waals surface area contributed by atoms with Crippen LogP contribution in [0, 0.1) is 6.92 Å². The number of aryl methyl sites for hydroxylation is 1. The van der Waals surface area contributed by atoms with Crippen LogP contribution >= 0.6 is 23.5 Å². The van der Waals surface area contributed by atoms with Gasteiger partial charge < -0.3 is 19.3 Å². The second kappa shape index (κ2) is 25.2. The molecule has 0 saturated heterocycles. The number of hydrogen-bond donors (Lipinski definition) is 3. The van der Waals surface area contributed by atoms with E-state index in [1.54, 1.807) is 0 Å². The SMILES string of the molecule is CCCCCCCCCCCCCCCOP(=O)(OCc1ccc(OC(=O)CCCC)cc1)OP(=O)(O)OP(=O)(O)OC[C@@H]1C=C[C@H](n2cc(C)c(=O)[nH]c2=O)O1. The van der Waals surface area contributed by atoms with E-state index >= 15 is 0 Å². The Bertz CT molecular complexity index is 1810. The Kier molecular flexibility index (Phi) is 21.6. The highest BCUT2D eigenvalue weighted by molar-refractivity contribution is 7.67. The number of esters is 1. The Morgan fingerprint density at radius 3 is 1.98 bits per heavy atom. The highest BCUT2D eigenvalue weighted by Crippen LogP contribution is 2.69. The molecule has 0 bridgehead atoms. The number of nitrogens with one attached hydrogen (secondary N) is 1. The third-order valence-electron chi connectivity index (χ3n) is 8.81. The lowest BCUT2D eigenvalue weighted by atomic mass is 10.0. The molecule has 3 rings (SSSR count). The molecule has 3 N–H and O–H groups in total. The minimum atomic E-state index is -5.66. The number of aromatic amines is 1. The van der Waals surface area contributed by atoms with Crippen LogP contribution in [-0.4, -0.2) is 44.6 Å². The van der Waals surface area contributed by atoms with E-state index in [0.29, 0.717) is 18.4 Å². The molecule has 0 spiro atoms. The fraction of sp³-hybridized carbons (Fsp3) is 0.649. The molecule has 57 heavy (non-hydrogen) atoms. The van der Waals surface area contributed by atoms with Crippen LogP contribution in [0.1, 0.15) is 134 Å². The largest absolute Gasteiger partial charge is 0.490 e. The zero-order valence-corrected chi connectivity index (χ0v) is 35.8. The van der Waals surface area contributed by atoms with Crippen molar-refractivity contribution in [3.8, 4) is 5.75 Å². The van der Waals surface area contributed by atoms with Crippen LogP contribution in [0.15, 0.2) is 52.2 Å². The van der Waals surface area contributed by atoms with Crippen molar-refractivity contribution in [1.29, 1.82) is 0 Å². The summed E-state index contributed by atoms with van der Waals surface area (Å²) in [4.78, 5) is 58.7. The highest BCUT2D eigenvalue weighted by Gasteiger charge is 2.44. The van der Waals surface area contributed by atoms with Crippen molar-refractivity contribution < 1.29 is 59.9 Å². The van der Waals surface area contributed by atoms with Gasteiger partial charge in [-0.05, 0) is 43.5 Å². The number of carbonyl (C=O) groups is 1. The molecule has 17 nitrogen and oxygen atoms in total. The summed E-state index contributed by atoms with van der Waals surface area (Å²) in [7, 11) is -16.0. The molecule has 1 aromatic carbocycles. The summed E-state index contributed by atoms with van der Waals surface area (Å²) in [5.74, 6) is -0.113. The number of aromatic nitrogens is 2. The number of unbranched alkanes of at least 4 members (excludes halogenated alkanes) is 13.